The third-order valence-corrected chi connectivity index (χ3v) is 5.70. The van der Waals surface area contributed by atoms with Crippen LogP contribution >= 0.6 is 22.7 Å². The van der Waals surface area contributed by atoms with E-state index >= 15 is 0 Å². The number of aromatic nitrogens is 2. The Labute approximate surface area is 143 Å². The molecule has 0 bridgehead atoms. The molecule has 1 aliphatic rings. The second kappa shape index (κ2) is 7.74. The molecule has 0 spiro atoms. The lowest BCUT2D eigenvalue weighted by molar-refractivity contribution is 0.0989. The summed E-state index contributed by atoms with van der Waals surface area (Å²) in [6.45, 7) is 5.46. The molecule has 0 unspecified atom stereocenters. The van der Waals surface area contributed by atoms with Gasteiger partial charge in [0, 0.05) is 26.2 Å². The van der Waals surface area contributed by atoms with Gasteiger partial charge in [-0.2, -0.15) is 0 Å². The van der Waals surface area contributed by atoms with Gasteiger partial charge in [-0.05, 0) is 17.9 Å². The lowest BCUT2D eigenvalue weighted by Crippen LogP contribution is -2.49. The summed E-state index contributed by atoms with van der Waals surface area (Å²) in [5.74, 6) is 0. The van der Waals surface area contributed by atoms with Crippen LogP contribution in [-0.4, -0.2) is 54.0 Å². The molecular weight excluding hydrogens is 332 g/mol. The Morgan fingerprint density at radius 1 is 1.30 bits per heavy atom. The highest BCUT2D eigenvalue weighted by Crippen LogP contribution is 2.31. The fourth-order valence-electron chi connectivity index (χ4n) is 2.32. The maximum Gasteiger partial charge on any atom is 0.409 e. The number of carbonyl (C=O) groups is 1. The zero-order chi connectivity index (χ0) is 16.1. The lowest BCUT2D eigenvalue weighted by atomic mass is 10.3. The average molecular weight is 352 g/mol. The van der Waals surface area contributed by atoms with Crippen LogP contribution in [0.4, 0.5) is 9.93 Å². The van der Waals surface area contributed by atoms with Gasteiger partial charge in [0.1, 0.15) is 0 Å². The van der Waals surface area contributed by atoms with Crippen molar-refractivity contribution >= 4 is 33.9 Å². The third kappa shape index (κ3) is 4.00. The van der Waals surface area contributed by atoms with Crippen molar-refractivity contribution in [2.45, 2.75) is 19.8 Å². The number of piperazine rings is 1. The summed E-state index contributed by atoms with van der Waals surface area (Å²) in [4.78, 5) is 17.0. The van der Waals surface area contributed by atoms with Crippen molar-refractivity contribution in [3.8, 4) is 9.88 Å². The molecule has 0 atom stereocenters. The molecule has 3 rings (SSSR count). The summed E-state index contributed by atoms with van der Waals surface area (Å²) < 4.78 is 5.26. The number of ether oxygens (including phenoxy) is 1. The first-order valence-electron chi connectivity index (χ1n) is 7.82. The zero-order valence-corrected chi connectivity index (χ0v) is 14.7. The quantitative estimate of drug-likeness (QED) is 0.773. The summed E-state index contributed by atoms with van der Waals surface area (Å²) in [6, 6.07) is 4.07. The van der Waals surface area contributed by atoms with Gasteiger partial charge in [-0.3, -0.25) is 0 Å². The molecule has 3 heterocycles. The molecule has 0 saturated carbocycles. The van der Waals surface area contributed by atoms with Crippen LogP contribution in [0.5, 0.6) is 0 Å². The normalized spacial score (nSPS) is 15.0. The number of nitrogens with zero attached hydrogens (tertiary/aromatic N) is 4. The van der Waals surface area contributed by atoms with Gasteiger partial charge in [0.2, 0.25) is 5.13 Å². The Balaban J connectivity index is 1.52. The van der Waals surface area contributed by atoms with Gasteiger partial charge < -0.3 is 14.5 Å². The fourth-order valence-corrected chi connectivity index (χ4v) is 4.01. The van der Waals surface area contributed by atoms with E-state index in [2.05, 4.69) is 28.1 Å². The van der Waals surface area contributed by atoms with Gasteiger partial charge in [-0.25, -0.2) is 4.79 Å². The van der Waals surface area contributed by atoms with E-state index in [0.29, 0.717) is 19.7 Å². The van der Waals surface area contributed by atoms with E-state index in [4.69, 9.17) is 4.74 Å². The molecule has 124 valence electrons. The van der Waals surface area contributed by atoms with Crippen molar-refractivity contribution in [1.82, 2.24) is 15.1 Å². The van der Waals surface area contributed by atoms with E-state index in [-0.39, 0.29) is 6.09 Å². The van der Waals surface area contributed by atoms with E-state index in [1.807, 2.05) is 11.4 Å². The van der Waals surface area contributed by atoms with Gasteiger partial charge in [-0.15, -0.1) is 21.5 Å². The molecule has 23 heavy (non-hydrogen) atoms. The van der Waals surface area contributed by atoms with E-state index in [0.717, 1.165) is 40.9 Å². The van der Waals surface area contributed by atoms with Crippen molar-refractivity contribution in [2.75, 3.05) is 37.7 Å². The second-order valence-corrected chi connectivity index (χ2v) is 7.21. The molecule has 8 heteroatoms. The molecule has 2 aromatic rings. The molecule has 2 aromatic heterocycles. The molecule has 0 N–H and O–H groups in total. The number of thiophene rings is 1. The van der Waals surface area contributed by atoms with Crippen molar-refractivity contribution < 1.29 is 9.53 Å². The number of amides is 1. The molecule has 1 aliphatic heterocycles. The SMILES string of the molecule is CCCCOC(=O)N1CCN(c2nnc(-c3cccs3)s2)CC1. The molecule has 0 aromatic carbocycles. The van der Waals surface area contributed by atoms with Crippen LogP contribution in [0, 0.1) is 0 Å². The Kier molecular flexibility index (Phi) is 5.45. The van der Waals surface area contributed by atoms with E-state index in [1.54, 1.807) is 27.6 Å². The second-order valence-electron chi connectivity index (χ2n) is 5.31. The van der Waals surface area contributed by atoms with Crippen LogP contribution in [0.25, 0.3) is 9.88 Å². The smallest absolute Gasteiger partial charge is 0.409 e. The minimum atomic E-state index is -0.199. The topological polar surface area (TPSA) is 58.6 Å². The van der Waals surface area contributed by atoms with Gasteiger partial charge in [0.05, 0.1) is 11.5 Å². The highest BCUT2D eigenvalue weighted by molar-refractivity contribution is 7.22. The summed E-state index contributed by atoms with van der Waals surface area (Å²) >= 11 is 3.27. The summed E-state index contributed by atoms with van der Waals surface area (Å²) in [5.41, 5.74) is 0. The first kappa shape index (κ1) is 16.2. The third-order valence-electron chi connectivity index (χ3n) is 3.68. The first-order valence-corrected chi connectivity index (χ1v) is 9.51. The maximum absolute atomic E-state index is 11.9. The Hall–Kier alpha value is -1.67. The minimum Gasteiger partial charge on any atom is -0.449 e. The van der Waals surface area contributed by atoms with Gasteiger partial charge in [0.15, 0.2) is 5.01 Å². The number of hydrogen-bond donors (Lipinski definition) is 0. The lowest BCUT2D eigenvalue weighted by Gasteiger charge is -2.33. The van der Waals surface area contributed by atoms with E-state index in [9.17, 15) is 4.79 Å². The predicted molar refractivity (Wildman–Crippen MR) is 93.3 cm³/mol. The van der Waals surface area contributed by atoms with Crippen molar-refractivity contribution in [1.29, 1.82) is 0 Å². The molecular formula is C15H20N4O2S2. The highest BCUT2D eigenvalue weighted by atomic mass is 32.1. The molecule has 6 nitrogen and oxygen atoms in total. The molecule has 1 amide bonds. The minimum absolute atomic E-state index is 0.199. The zero-order valence-electron chi connectivity index (χ0n) is 13.1. The van der Waals surface area contributed by atoms with Gasteiger partial charge in [-0.1, -0.05) is 30.7 Å². The van der Waals surface area contributed by atoms with Crippen LogP contribution in [-0.2, 0) is 4.74 Å². The van der Waals surface area contributed by atoms with Gasteiger partial charge >= 0.3 is 6.09 Å². The van der Waals surface area contributed by atoms with E-state index in [1.165, 1.54) is 0 Å². The monoisotopic (exact) mass is 352 g/mol. The number of unbranched alkanes of at least 4 members (excludes halogenated alkanes) is 1. The fraction of sp³-hybridized carbons (Fsp3) is 0.533. The summed E-state index contributed by atoms with van der Waals surface area (Å²) in [6.07, 6.45) is 1.75. The highest BCUT2D eigenvalue weighted by Gasteiger charge is 2.24. The largest absolute Gasteiger partial charge is 0.449 e. The Morgan fingerprint density at radius 3 is 2.83 bits per heavy atom. The van der Waals surface area contributed by atoms with Crippen LogP contribution in [0.1, 0.15) is 19.8 Å². The van der Waals surface area contributed by atoms with Crippen LogP contribution in [0.2, 0.25) is 0 Å². The average Bonchev–Trinajstić information content (AvgIpc) is 3.26. The first-order chi connectivity index (χ1) is 11.3. The molecule has 1 fully saturated rings. The number of rotatable bonds is 5. The van der Waals surface area contributed by atoms with Crippen LogP contribution < -0.4 is 4.90 Å². The Morgan fingerprint density at radius 2 is 2.13 bits per heavy atom. The van der Waals surface area contributed by atoms with Crippen LogP contribution in [0.3, 0.4) is 0 Å². The number of hydrogen-bond acceptors (Lipinski definition) is 7. The predicted octanol–water partition coefficient (Wildman–Crippen LogP) is 3.33. The van der Waals surface area contributed by atoms with Crippen molar-refractivity contribution in [3.05, 3.63) is 17.5 Å². The van der Waals surface area contributed by atoms with Gasteiger partial charge in [0.25, 0.3) is 0 Å². The van der Waals surface area contributed by atoms with Crippen molar-refractivity contribution in [3.63, 3.8) is 0 Å². The van der Waals surface area contributed by atoms with E-state index < -0.39 is 0 Å². The molecule has 1 saturated heterocycles. The maximum atomic E-state index is 11.9. The summed E-state index contributed by atoms with van der Waals surface area (Å²) in [5, 5.41) is 12.5. The standard InChI is InChI=1S/C15H20N4O2S2/c1-2-3-10-21-15(20)19-8-6-18(7-9-19)14-17-16-13(23-14)12-5-4-11-22-12/h4-5,11H,2-3,6-10H2,1H3. The van der Waals surface area contributed by atoms with Crippen molar-refractivity contribution in [2.24, 2.45) is 0 Å². The summed E-state index contributed by atoms with van der Waals surface area (Å²) in [7, 11) is 0. The Bertz CT molecular complexity index is 621. The number of carbonyl (C=O) groups excluding carboxylic acids is 1. The van der Waals surface area contributed by atoms with Crippen LogP contribution in [0.15, 0.2) is 17.5 Å². The molecule has 0 aliphatic carbocycles. The molecule has 0 radical (unpaired) electrons. The number of anilines is 1.